The number of aryl methyl sites for hydroxylation is 3. The van der Waals surface area contributed by atoms with Gasteiger partial charge in [-0.15, -0.1) is 11.3 Å². The Morgan fingerprint density at radius 3 is 2.59 bits per heavy atom. The zero-order valence-electron chi connectivity index (χ0n) is 16.2. The predicted molar refractivity (Wildman–Crippen MR) is 105 cm³/mol. The molecule has 0 fully saturated rings. The third-order valence-corrected chi connectivity index (χ3v) is 4.32. The third kappa shape index (κ3) is 8.21. The standard InChI is InChI=1S/C20H26N2O4S/c1-14-22-17(13-27-14)9-8-15-6-5-7-16(10-15)12-25-19(24)21-11-18(23)26-20(2,3)4/h5-7,10,13H,8-9,11-12H2,1-4H3,(H,21,24). The van der Waals surface area contributed by atoms with Crippen LogP contribution in [0.1, 0.15) is 42.6 Å². The Balaban J connectivity index is 1.75. The van der Waals surface area contributed by atoms with E-state index >= 15 is 0 Å². The van der Waals surface area contributed by atoms with E-state index in [1.165, 1.54) is 0 Å². The molecule has 1 N–H and O–H groups in total. The Morgan fingerprint density at radius 1 is 1.19 bits per heavy atom. The zero-order chi connectivity index (χ0) is 19.9. The molecule has 146 valence electrons. The lowest BCUT2D eigenvalue weighted by atomic mass is 10.1. The minimum Gasteiger partial charge on any atom is -0.459 e. The van der Waals surface area contributed by atoms with E-state index in [-0.39, 0.29) is 13.2 Å². The number of carbonyl (C=O) groups is 2. The normalized spacial score (nSPS) is 11.1. The molecule has 2 aromatic rings. The predicted octanol–water partition coefficient (Wildman–Crippen LogP) is 3.80. The van der Waals surface area contributed by atoms with Crippen molar-refractivity contribution in [3.63, 3.8) is 0 Å². The molecular formula is C20H26N2O4S. The summed E-state index contributed by atoms with van der Waals surface area (Å²) in [6.45, 7) is 7.23. The van der Waals surface area contributed by atoms with Crippen LogP contribution in [0.2, 0.25) is 0 Å². The quantitative estimate of drug-likeness (QED) is 0.728. The van der Waals surface area contributed by atoms with Crippen molar-refractivity contribution >= 4 is 23.4 Å². The monoisotopic (exact) mass is 390 g/mol. The lowest BCUT2D eigenvalue weighted by Crippen LogP contribution is -2.34. The topological polar surface area (TPSA) is 77.5 Å². The number of hydrogen-bond donors (Lipinski definition) is 1. The molecule has 1 aromatic carbocycles. The van der Waals surface area contributed by atoms with Gasteiger partial charge >= 0.3 is 12.1 Å². The third-order valence-electron chi connectivity index (χ3n) is 3.49. The van der Waals surface area contributed by atoms with Crippen molar-refractivity contribution in [2.24, 2.45) is 0 Å². The van der Waals surface area contributed by atoms with Gasteiger partial charge in [-0.05, 0) is 51.7 Å². The van der Waals surface area contributed by atoms with Crippen LogP contribution in [0, 0.1) is 6.92 Å². The van der Waals surface area contributed by atoms with E-state index in [0.717, 1.165) is 34.7 Å². The van der Waals surface area contributed by atoms with Crippen LogP contribution < -0.4 is 5.32 Å². The average Bonchev–Trinajstić information content (AvgIpc) is 3.01. The van der Waals surface area contributed by atoms with Gasteiger partial charge in [-0.25, -0.2) is 9.78 Å². The van der Waals surface area contributed by atoms with Gasteiger partial charge in [0.05, 0.1) is 10.7 Å². The molecule has 1 heterocycles. The zero-order valence-corrected chi connectivity index (χ0v) is 17.0. The van der Waals surface area contributed by atoms with Crippen molar-refractivity contribution in [3.05, 3.63) is 51.5 Å². The Hall–Kier alpha value is -2.41. The summed E-state index contributed by atoms with van der Waals surface area (Å²) < 4.78 is 10.3. The fourth-order valence-corrected chi connectivity index (χ4v) is 3.04. The van der Waals surface area contributed by atoms with E-state index in [9.17, 15) is 9.59 Å². The van der Waals surface area contributed by atoms with Gasteiger partial charge in [0, 0.05) is 5.38 Å². The van der Waals surface area contributed by atoms with Crippen LogP contribution in [0.3, 0.4) is 0 Å². The van der Waals surface area contributed by atoms with Gasteiger partial charge in [-0.3, -0.25) is 4.79 Å². The number of nitrogens with one attached hydrogen (secondary N) is 1. The largest absolute Gasteiger partial charge is 0.459 e. The molecule has 0 saturated carbocycles. The van der Waals surface area contributed by atoms with Crippen molar-refractivity contribution in [1.82, 2.24) is 10.3 Å². The molecule has 0 saturated heterocycles. The van der Waals surface area contributed by atoms with E-state index in [0.29, 0.717) is 0 Å². The summed E-state index contributed by atoms with van der Waals surface area (Å²) in [7, 11) is 0. The molecule has 27 heavy (non-hydrogen) atoms. The van der Waals surface area contributed by atoms with Crippen LogP contribution in [0.25, 0.3) is 0 Å². The number of amides is 1. The number of nitrogens with zero attached hydrogens (tertiary/aromatic N) is 1. The summed E-state index contributed by atoms with van der Waals surface area (Å²) in [5, 5.41) is 5.55. The number of aromatic nitrogens is 1. The van der Waals surface area contributed by atoms with Crippen LogP contribution in [-0.4, -0.2) is 29.2 Å². The lowest BCUT2D eigenvalue weighted by molar-refractivity contribution is -0.153. The number of thiazole rings is 1. The maximum Gasteiger partial charge on any atom is 0.407 e. The average molecular weight is 391 g/mol. The van der Waals surface area contributed by atoms with Crippen molar-refractivity contribution in [1.29, 1.82) is 0 Å². The van der Waals surface area contributed by atoms with Crippen LogP contribution in [0.5, 0.6) is 0 Å². The molecule has 1 amide bonds. The number of carbonyl (C=O) groups excluding carboxylic acids is 2. The van der Waals surface area contributed by atoms with Crippen LogP contribution in [-0.2, 0) is 33.7 Å². The number of rotatable bonds is 7. The molecule has 7 heteroatoms. The molecule has 0 aliphatic heterocycles. The van der Waals surface area contributed by atoms with Gasteiger partial charge in [-0.2, -0.15) is 0 Å². The van der Waals surface area contributed by atoms with Crippen molar-refractivity contribution in [2.75, 3.05) is 6.54 Å². The molecule has 0 unspecified atom stereocenters. The second-order valence-corrected chi connectivity index (χ2v) is 8.26. The van der Waals surface area contributed by atoms with Crippen molar-refractivity contribution in [3.8, 4) is 0 Å². The van der Waals surface area contributed by atoms with Gasteiger partial charge < -0.3 is 14.8 Å². The highest BCUT2D eigenvalue weighted by Gasteiger charge is 2.16. The first-order valence-corrected chi connectivity index (χ1v) is 9.70. The minimum atomic E-state index is -0.649. The smallest absolute Gasteiger partial charge is 0.407 e. The molecule has 0 aliphatic carbocycles. The van der Waals surface area contributed by atoms with E-state index in [1.54, 1.807) is 32.1 Å². The summed E-state index contributed by atoms with van der Waals surface area (Å²) in [4.78, 5) is 27.8. The first-order valence-electron chi connectivity index (χ1n) is 8.82. The maximum atomic E-state index is 11.7. The van der Waals surface area contributed by atoms with E-state index in [4.69, 9.17) is 9.47 Å². The molecular weight excluding hydrogens is 364 g/mol. The summed E-state index contributed by atoms with van der Waals surface area (Å²) >= 11 is 1.65. The van der Waals surface area contributed by atoms with Gasteiger partial charge in [0.2, 0.25) is 0 Å². The fraction of sp³-hybridized carbons (Fsp3) is 0.450. The molecule has 6 nitrogen and oxygen atoms in total. The number of benzene rings is 1. The van der Waals surface area contributed by atoms with Crippen molar-refractivity contribution in [2.45, 2.75) is 52.7 Å². The summed E-state index contributed by atoms with van der Waals surface area (Å²) in [6.07, 6.45) is 1.11. The first-order chi connectivity index (χ1) is 12.7. The molecule has 0 spiro atoms. The summed E-state index contributed by atoms with van der Waals surface area (Å²) in [5.41, 5.74) is 2.58. The highest BCUT2D eigenvalue weighted by atomic mass is 32.1. The molecule has 1 aromatic heterocycles. The molecule has 0 bridgehead atoms. The second-order valence-electron chi connectivity index (χ2n) is 7.19. The highest BCUT2D eigenvalue weighted by Crippen LogP contribution is 2.13. The Labute approximate surface area is 163 Å². The molecule has 2 rings (SSSR count). The van der Waals surface area contributed by atoms with E-state index < -0.39 is 17.7 Å². The summed E-state index contributed by atoms with van der Waals surface area (Å²) in [6, 6.07) is 7.90. The summed E-state index contributed by atoms with van der Waals surface area (Å²) in [5.74, 6) is -0.501. The van der Waals surface area contributed by atoms with Crippen LogP contribution in [0.15, 0.2) is 29.6 Å². The maximum absolute atomic E-state index is 11.7. The van der Waals surface area contributed by atoms with Crippen LogP contribution in [0.4, 0.5) is 4.79 Å². The second kappa shape index (κ2) is 9.50. The first kappa shape index (κ1) is 20.9. The number of hydrogen-bond acceptors (Lipinski definition) is 6. The Morgan fingerprint density at radius 2 is 1.93 bits per heavy atom. The van der Waals surface area contributed by atoms with E-state index in [2.05, 4.69) is 15.7 Å². The Kier molecular flexibility index (Phi) is 7.36. The van der Waals surface area contributed by atoms with Gasteiger partial charge in [-0.1, -0.05) is 24.3 Å². The SMILES string of the molecule is Cc1nc(CCc2cccc(COC(=O)NCC(=O)OC(C)(C)C)c2)cs1. The number of esters is 1. The van der Waals surface area contributed by atoms with Gasteiger partial charge in [0.1, 0.15) is 18.8 Å². The lowest BCUT2D eigenvalue weighted by Gasteiger charge is -2.19. The minimum absolute atomic E-state index is 0.143. The molecule has 0 aliphatic rings. The van der Waals surface area contributed by atoms with Gasteiger partial charge in [0.25, 0.3) is 0 Å². The molecule has 0 radical (unpaired) electrons. The molecule has 0 atom stereocenters. The van der Waals surface area contributed by atoms with Gasteiger partial charge in [0.15, 0.2) is 0 Å². The Bertz CT molecular complexity index is 780. The number of ether oxygens (including phenoxy) is 2. The fourth-order valence-electron chi connectivity index (χ4n) is 2.39. The number of alkyl carbamates (subject to hydrolysis) is 1. The van der Waals surface area contributed by atoms with Crippen LogP contribution >= 0.6 is 11.3 Å². The van der Waals surface area contributed by atoms with E-state index in [1.807, 2.05) is 31.2 Å². The highest BCUT2D eigenvalue weighted by molar-refractivity contribution is 7.09. The van der Waals surface area contributed by atoms with Crippen molar-refractivity contribution < 1.29 is 19.1 Å².